The zero-order valence-corrected chi connectivity index (χ0v) is 12.0. The van der Waals surface area contributed by atoms with Crippen LogP contribution in [0.15, 0.2) is 48.5 Å². The number of benzene rings is 2. The van der Waals surface area contributed by atoms with E-state index in [1.807, 2.05) is 31.2 Å². The quantitative estimate of drug-likeness (QED) is 0.791. The first-order chi connectivity index (χ1) is 9.91. The molecule has 0 saturated heterocycles. The summed E-state index contributed by atoms with van der Waals surface area (Å²) in [6.45, 7) is 3.91. The van der Waals surface area contributed by atoms with E-state index in [2.05, 4.69) is 12.2 Å². The molecule has 0 spiro atoms. The Labute approximate surface area is 122 Å². The third kappa shape index (κ3) is 3.78. The Bertz CT molecular complexity index is 605. The van der Waals surface area contributed by atoms with Crippen LogP contribution in [0.2, 0.25) is 0 Å². The van der Waals surface area contributed by atoms with Crippen molar-refractivity contribution in [1.82, 2.24) is 0 Å². The first kappa shape index (κ1) is 15.4. The Hall–Kier alpha value is -1.97. The van der Waals surface area contributed by atoms with Crippen molar-refractivity contribution in [3.63, 3.8) is 0 Å². The van der Waals surface area contributed by atoms with E-state index in [0.29, 0.717) is 5.56 Å². The van der Waals surface area contributed by atoms with Crippen LogP contribution in [0.25, 0.3) is 0 Å². The van der Waals surface area contributed by atoms with Gasteiger partial charge >= 0.3 is 6.18 Å². The molecular weight excluding hydrogens is 275 g/mol. The normalized spacial score (nSPS) is 13.0. The fourth-order valence-corrected chi connectivity index (χ4v) is 2.27. The number of halogens is 3. The number of nitrogens with one attached hydrogen (secondary N) is 1. The second-order valence-electron chi connectivity index (χ2n) is 5.00. The van der Waals surface area contributed by atoms with Crippen molar-refractivity contribution in [2.75, 3.05) is 5.32 Å². The van der Waals surface area contributed by atoms with Crippen LogP contribution < -0.4 is 5.32 Å². The molecule has 0 aromatic heterocycles. The second kappa shape index (κ2) is 6.20. The smallest absolute Gasteiger partial charge is 0.378 e. The summed E-state index contributed by atoms with van der Waals surface area (Å²) in [5.74, 6) is 0. The lowest BCUT2D eigenvalue weighted by Crippen LogP contribution is -2.11. The third-order valence-electron chi connectivity index (χ3n) is 3.48. The van der Waals surface area contributed by atoms with Crippen LogP contribution in [-0.2, 0) is 12.6 Å². The highest BCUT2D eigenvalue weighted by Crippen LogP contribution is 2.31. The van der Waals surface area contributed by atoms with E-state index in [1.54, 1.807) is 6.07 Å². The third-order valence-corrected chi connectivity index (χ3v) is 3.48. The molecule has 1 N–H and O–H groups in total. The van der Waals surface area contributed by atoms with E-state index in [4.69, 9.17) is 0 Å². The molecule has 2 rings (SSSR count). The number of anilines is 1. The molecule has 0 amide bonds. The Balaban J connectivity index is 2.22. The minimum absolute atomic E-state index is 0.194. The Kier molecular flexibility index (Phi) is 4.56. The molecule has 21 heavy (non-hydrogen) atoms. The highest BCUT2D eigenvalue weighted by atomic mass is 19.4. The van der Waals surface area contributed by atoms with Gasteiger partial charge < -0.3 is 5.32 Å². The van der Waals surface area contributed by atoms with Gasteiger partial charge in [0.25, 0.3) is 0 Å². The van der Waals surface area contributed by atoms with Crippen molar-refractivity contribution in [2.24, 2.45) is 0 Å². The molecule has 1 atom stereocenters. The Morgan fingerprint density at radius 1 is 1.05 bits per heavy atom. The number of hydrogen-bond acceptors (Lipinski definition) is 1. The summed E-state index contributed by atoms with van der Waals surface area (Å²) in [5.41, 5.74) is 2.12. The first-order valence-corrected chi connectivity index (χ1v) is 6.93. The maximum absolute atomic E-state index is 12.8. The van der Waals surface area contributed by atoms with E-state index < -0.39 is 11.7 Å². The molecule has 0 heterocycles. The van der Waals surface area contributed by atoms with Gasteiger partial charge in [0, 0.05) is 11.7 Å². The van der Waals surface area contributed by atoms with Crippen molar-refractivity contribution in [2.45, 2.75) is 32.5 Å². The van der Waals surface area contributed by atoms with Crippen molar-refractivity contribution in [1.29, 1.82) is 0 Å². The first-order valence-electron chi connectivity index (χ1n) is 6.93. The lowest BCUT2D eigenvalue weighted by molar-refractivity contribution is -0.137. The molecule has 112 valence electrons. The van der Waals surface area contributed by atoms with Crippen LogP contribution in [0.5, 0.6) is 0 Å². The minimum atomic E-state index is -4.31. The van der Waals surface area contributed by atoms with Gasteiger partial charge in [-0.15, -0.1) is 0 Å². The molecule has 0 radical (unpaired) electrons. The van der Waals surface area contributed by atoms with Gasteiger partial charge in [-0.2, -0.15) is 13.2 Å². The predicted octanol–water partition coefficient (Wildman–Crippen LogP) is 5.44. The fraction of sp³-hybridized carbons (Fsp3) is 0.294. The number of alkyl halides is 3. The summed E-state index contributed by atoms with van der Waals surface area (Å²) in [7, 11) is 0. The summed E-state index contributed by atoms with van der Waals surface area (Å²) in [6.07, 6.45) is -3.43. The van der Waals surface area contributed by atoms with Gasteiger partial charge in [0.1, 0.15) is 0 Å². The van der Waals surface area contributed by atoms with Gasteiger partial charge in [-0.1, -0.05) is 37.3 Å². The highest BCUT2D eigenvalue weighted by molar-refractivity contribution is 5.52. The summed E-state index contributed by atoms with van der Waals surface area (Å²) in [6, 6.07) is 13.1. The molecule has 4 heteroatoms. The van der Waals surface area contributed by atoms with E-state index in [1.165, 1.54) is 12.1 Å². The van der Waals surface area contributed by atoms with Gasteiger partial charge in [-0.3, -0.25) is 0 Å². The summed E-state index contributed by atoms with van der Waals surface area (Å²) in [5, 5.41) is 3.29. The molecule has 2 aromatic rings. The summed E-state index contributed by atoms with van der Waals surface area (Å²) >= 11 is 0. The molecule has 0 aliphatic rings. The van der Waals surface area contributed by atoms with Gasteiger partial charge in [-0.05, 0) is 42.7 Å². The standard InChI is InChI=1S/C17H18F3N/c1-3-13-7-4-5-10-16(13)21-12(2)14-8-6-9-15(11-14)17(18,19)20/h4-12,21H,3H2,1-2H3. The molecule has 1 unspecified atom stereocenters. The number of rotatable bonds is 4. The largest absolute Gasteiger partial charge is 0.416 e. The zero-order valence-electron chi connectivity index (χ0n) is 12.0. The zero-order chi connectivity index (χ0) is 15.5. The predicted molar refractivity (Wildman–Crippen MR) is 79.3 cm³/mol. The van der Waals surface area contributed by atoms with E-state index in [9.17, 15) is 13.2 Å². The van der Waals surface area contributed by atoms with E-state index in [0.717, 1.165) is 23.7 Å². The summed E-state index contributed by atoms with van der Waals surface area (Å²) in [4.78, 5) is 0. The van der Waals surface area contributed by atoms with Gasteiger partial charge in [0.05, 0.1) is 5.56 Å². The van der Waals surface area contributed by atoms with Crippen LogP contribution in [0.3, 0.4) is 0 Å². The topological polar surface area (TPSA) is 12.0 Å². The molecule has 2 aromatic carbocycles. The number of para-hydroxylation sites is 1. The van der Waals surface area contributed by atoms with Crippen molar-refractivity contribution in [3.05, 3.63) is 65.2 Å². The van der Waals surface area contributed by atoms with Crippen molar-refractivity contribution in [3.8, 4) is 0 Å². The second-order valence-corrected chi connectivity index (χ2v) is 5.00. The SMILES string of the molecule is CCc1ccccc1NC(C)c1cccc(C(F)(F)F)c1. The average molecular weight is 293 g/mol. The Morgan fingerprint density at radius 3 is 2.43 bits per heavy atom. The monoisotopic (exact) mass is 293 g/mol. The molecule has 0 fully saturated rings. The molecule has 1 nitrogen and oxygen atoms in total. The minimum Gasteiger partial charge on any atom is -0.378 e. The summed E-state index contributed by atoms with van der Waals surface area (Å²) < 4.78 is 38.3. The molecule has 0 aliphatic carbocycles. The lowest BCUT2D eigenvalue weighted by atomic mass is 10.0. The van der Waals surface area contributed by atoms with Crippen LogP contribution >= 0.6 is 0 Å². The molecule has 0 bridgehead atoms. The van der Waals surface area contributed by atoms with Crippen LogP contribution in [0, 0.1) is 0 Å². The molecule has 0 aliphatic heterocycles. The van der Waals surface area contributed by atoms with Crippen molar-refractivity contribution < 1.29 is 13.2 Å². The van der Waals surface area contributed by atoms with Gasteiger partial charge in [-0.25, -0.2) is 0 Å². The fourth-order valence-electron chi connectivity index (χ4n) is 2.27. The molecule has 0 saturated carbocycles. The number of hydrogen-bond donors (Lipinski definition) is 1. The van der Waals surface area contributed by atoms with Gasteiger partial charge in [0.15, 0.2) is 0 Å². The lowest BCUT2D eigenvalue weighted by Gasteiger charge is -2.19. The van der Waals surface area contributed by atoms with Crippen LogP contribution in [-0.4, -0.2) is 0 Å². The van der Waals surface area contributed by atoms with Crippen LogP contribution in [0.1, 0.15) is 36.6 Å². The maximum Gasteiger partial charge on any atom is 0.416 e. The molecular formula is C17H18F3N. The van der Waals surface area contributed by atoms with E-state index in [-0.39, 0.29) is 6.04 Å². The maximum atomic E-state index is 12.8. The van der Waals surface area contributed by atoms with Crippen molar-refractivity contribution >= 4 is 5.69 Å². The van der Waals surface area contributed by atoms with Crippen LogP contribution in [0.4, 0.5) is 18.9 Å². The average Bonchev–Trinajstić information content (AvgIpc) is 2.47. The number of aryl methyl sites for hydroxylation is 1. The Morgan fingerprint density at radius 2 is 1.76 bits per heavy atom. The van der Waals surface area contributed by atoms with Gasteiger partial charge in [0.2, 0.25) is 0 Å². The highest BCUT2D eigenvalue weighted by Gasteiger charge is 2.30. The van der Waals surface area contributed by atoms with E-state index >= 15 is 0 Å².